The molecule has 0 unspecified atom stereocenters. The highest BCUT2D eigenvalue weighted by molar-refractivity contribution is 5.80. The number of aliphatic carboxylic acids is 1. The zero-order chi connectivity index (χ0) is 8.97. The summed E-state index contributed by atoms with van der Waals surface area (Å²) in [4.78, 5) is 10.1. The molecule has 0 aromatic carbocycles. The summed E-state index contributed by atoms with van der Waals surface area (Å²) in [5.41, 5.74) is 0.618. The van der Waals surface area contributed by atoms with Crippen LogP contribution in [0.4, 0.5) is 0 Å². The lowest BCUT2D eigenvalue weighted by molar-refractivity contribution is -0.131. The molecule has 0 amide bonds. The maximum Gasteiger partial charge on any atom is 0.328 e. The second kappa shape index (κ2) is 3.57. The van der Waals surface area contributed by atoms with Crippen molar-refractivity contribution in [1.29, 1.82) is 0 Å². The molecule has 1 rings (SSSR count). The summed E-state index contributed by atoms with van der Waals surface area (Å²) in [6.07, 6.45) is 8.96. The molecule has 0 spiro atoms. The Morgan fingerprint density at radius 3 is 2.25 bits per heavy atom. The Balaban J connectivity index is 2.76. The summed E-state index contributed by atoms with van der Waals surface area (Å²) in [6, 6.07) is 0. The molecule has 0 aromatic heterocycles. The van der Waals surface area contributed by atoms with Gasteiger partial charge in [0.1, 0.15) is 5.76 Å². The van der Waals surface area contributed by atoms with Crippen molar-refractivity contribution in [3.63, 3.8) is 0 Å². The third kappa shape index (κ3) is 2.12. The van der Waals surface area contributed by atoms with Crippen molar-refractivity contribution in [2.45, 2.75) is 0 Å². The fourth-order valence-electron chi connectivity index (χ4n) is 0.791. The summed E-state index contributed by atoms with van der Waals surface area (Å²) in [5, 5.41) is 17.5. The van der Waals surface area contributed by atoms with Gasteiger partial charge in [0.05, 0.1) is 0 Å². The first-order valence-electron chi connectivity index (χ1n) is 3.39. The minimum Gasteiger partial charge on any atom is -0.507 e. The van der Waals surface area contributed by atoms with Crippen LogP contribution < -0.4 is 0 Å². The van der Waals surface area contributed by atoms with E-state index in [-0.39, 0.29) is 5.76 Å². The van der Waals surface area contributed by atoms with E-state index in [1.54, 1.807) is 24.3 Å². The van der Waals surface area contributed by atoms with Crippen LogP contribution in [0.3, 0.4) is 0 Å². The highest BCUT2D eigenvalue weighted by Crippen LogP contribution is 2.11. The van der Waals surface area contributed by atoms with Gasteiger partial charge in [-0.2, -0.15) is 0 Å². The van der Waals surface area contributed by atoms with Crippen LogP contribution in [0.25, 0.3) is 0 Å². The molecule has 0 aliphatic heterocycles. The zero-order valence-electron chi connectivity index (χ0n) is 6.27. The van der Waals surface area contributed by atoms with Gasteiger partial charge in [-0.1, -0.05) is 24.3 Å². The molecule has 1 aliphatic rings. The molecule has 62 valence electrons. The molecule has 3 heteroatoms. The van der Waals surface area contributed by atoms with Crippen molar-refractivity contribution >= 4 is 5.97 Å². The number of carbonyl (C=O) groups is 1. The van der Waals surface area contributed by atoms with Crippen LogP contribution in [0, 0.1) is 0 Å². The van der Waals surface area contributed by atoms with Crippen LogP contribution >= 0.6 is 0 Å². The molecule has 0 radical (unpaired) electrons. The molecule has 0 heterocycles. The molecule has 0 fully saturated rings. The largest absolute Gasteiger partial charge is 0.507 e. The van der Waals surface area contributed by atoms with E-state index >= 15 is 0 Å². The first kappa shape index (κ1) is 8.33. The lowest BCUT2D eigenvalue weighted by Gasteiger charge is -1.92. The van der Waals surface area contributed by atoms with E-state index in [1.165, 1.54) is 0 Å². The van der Waals surface area contributed by atoms with E-state index < -0.39 is 5.97 Å². The molecule has 0 saturated heterocycles. The standard InChI is InChI=1S/C9H8O3/c10-8(5-6-9(11)12)7-3-1-2-4-7/h1-6,10H,(H,11,12)/b6-5+. The van der Waals surface area contributed by atoms with Crippen LogP contribution in [0.2, 0.25) is 0 Å². The highest BCUT2D eigenvalue weighted by Gasteiger charge is 1.98. The maximum atomic E-state index is 10.1. The fourth-order valence-corrected chi connectivity index (χ4v) is 0.791. The first-order chi connectivity index (χ1) is 5.70. The van der Waals surface area contributed by atoms with Gasteiger partial charge in [0.2, 0.25) is 0 Å². The van der Waals surface area contributed by atoms with E-state index in [0.29, 0.717) is 5.57 Å². The van der Waals surface area contributed by atoms with Crippen molar-refractivity contribution in [2.75, 3.05) is 0 Å². The topological polar surface area (TPSA) is 57.5 Å². The van der Waals surface area contributed by atoms with Crippen molar-refractivity contribution < 1.29 is 15.0 Å². The average molecular weight is 164 g/mol. The van der Waals surface area contributed by atoms with Gasteiger partial charge < -0.3 is 10.2 Å². The Morgan fingerprint density at radius 2 is 1.75 bits per heavy atom. The number of aliphatic hydroxyl groups is 1. The second-order valence-electron chi connectivity index (χ2n) is 2.23. The molecule has 3 nitrogen and oxygen atoms in total. The van der Waals surface area contributed by atoms with Gasteiger partial charge in [-0.25, -0.2) is 4.79 Å². The summed E-state index contributed by atoms with van der Waals surface area (Å²) in [7, 11) is 0. The van der Waals surface area contributed by atoms with E-state index in [9.17, 15) is 9.90 Å². The monoisotopic (exact) mass is 164 g/mol. The van der Waals surface area contributed by atoms with Crippen molar-refractivity contribution in [1.82, 2.24) is 0 Å². The lowest BCUT2D eigenvalue weighted by atomic mass is 10.2. The van der Waals surface area contributed by atoms with Crippen LogP contribution in [-0.2, 0) is 4.79 Å². The fraction of sp³-hybridized carbons (Fsp3) is 0. The predicted octanol–water partition coefficient (Wildman–Crippen LogP) is 1.57. The number of allylic oxidation sites excluding steroid dienone is 6. The number of rotatable bonds is 2. The number of carboxylic acids is 1. The number of carboxylic acid groups (broad SMARTS) is 1. The summed E-state index contributed by atoms with van der Waals surface area (Å²) < 4.78 is 0. The van der Waals surface area contributed by atoms with Gasteiger partial charge in [0.15, 0.2) is 0 Å². The van der Waals surface area contributed by atoms with E-state index in [4.69, 9.17) is 5.11 Å². The third-order valence-electron chi connectivity index (χ3n) is 1.34. The summed E-state index contributed by atoms with van der Waals surface area (Å²) in [6.45, 7) is 0. The van der Waals surface area contributed by atoms with Crippen LogP contribution in [-0.4, -0.2) is 16.2 Å². The number of aliphatic hydroxyl groups excluding tert-OH is 1. The molecular weight excluding hydrogens is 156 g/mol. The highest BCUT2D eigenvalue weighted by atomic mass is 16.4. The van der Waals surface area contributed by atoms with Gasteiger partial charge in [0.25, 0.3) is 0 Å². The minimum atomic E-state index is -1.08. The van der Waals surface area contributed by atoms with Gasteiger partial charge in [-0.15, -0.1) is 0 Å². The molecular formula is C9H8O3. The quantitative estimate of drug-likeness (QED) is 0.481. The Labute approximate surface area is 69.6 Å². The summed E-state index contributed by atoms with van der Waals surface area (Å²) in [5.74, 6) is -1.12. The first-order valence-corrected chi connectivity index (χ1v) is 3.39. The van der Waals surface area contributed by atoms with Crippen molar-refractivity contribution in [3.8, 4) is 0 Å². The molecule has 1 aliphatic carbocycles. The Morgan fingerprint density at radius 1 is 1.17 bits per heavy atom. The number of hydrogen-bond acceptors (Lipinski definition) is 2. The normalized spacial score (nSPS) is 14.5. The maximum absolute atomic E-state index is 10.1. The molecule has 2 N–H and O–H groups in total. The number of hydrogen-bond donors (Lipinski definition) is 2. The van der Waals surface area contributed by atoms with Gasteiger partial charge in [-0.05, 0) is 6.08 Å². The minimum absolute atomic E-state index is 0.0394. The lowest BCUT2D eigenvalue weighted by Crippen LogP contribution is -1.88. The van der Waals surface area contributed by atoms with Crippen molar-refractivity contribution in [2.24, 2.45) is 0 Å². The Bertz CT molecular complexity index is 292. The van der Waals surface area contributed by atoms with E-state index in [1.807, 2.05) is 0 Å². The molecule has 12 heavy (non-hydrogen) atoms. The summed E-state index contributed by atoms with van der Waals surface area (Å²) >= 11 is 0. The molecule has 0 saturated carbocycles. The van der Waals surface area contributed by atoms with Gasteiger partial charge in [0, 0.05) is 11.6 Å². The SMILES string of the molecule is O=C(O)/C=C/C(O)=C1C=CC=C1. The second-order valence-corrected chi connectivity index (χ2v) is 2.23. The smallest absolute Gasteiger partial charge is 0.328 e. The Kier molecular flexibility index (Phi) is 2.48. The van der Waals surface area contributed by atoms with Gasteiger partial charge >= 0.3 is 5.97 Å². The average Bonchev–Trinajstić information content (AvgIpc) is 2.51. The van der Waals surface area contributed by atoms with E-state index in [0.717, 1.165) is 12.2 Å². The van der Waals surface area contributed by atoms with Crippen molar-refractivity contribution in [3.05, 3.63) is 47.8 Å². The predicted molar refractivity (Wildman–Crippen MR) is 44.7 cm³/mol. The molecule has 0 aromatic rings. The third-order valence-corrected chi connectivity index (χ3v) is 1.34. The van der Waals surface area contributed by atoms with Crippen LogP contribution in [0.5, 0.6) is 0 Å². The Hall–Kier alpha value is -1.77. The van der Waals surface area contributed by atoms with E-state index in [2.05, 4.69) is 0 Å². The van der Waals surface area contributed by atoms with Gasteiger partial charge in [-0.3, -0.25) is 0 Å². The molecule has 0 atom stereocenters. The zero-order valence-corrected chi connectivity index (χ0v) is 6.27. The molecule has 0 bridgehead atoms. The van der Waals surface area contributed by atoms with Crippen LogP contribution in [0.15, 0.2) is 47.8 Å². The van der Waals surface area contributed by atoms with Crippen LogP contribution in [0.1, 0.15) is 0 Å².